The predicted molar refractivity (Wildman–Crippen MR) is 85.8 cm³/mol. The summed E-state index contributed by atoms with van der Waals surface area (Å²) in [6.07, 6.45) is 5.14. The Morgan fingerprint density at radius 1 is 1.52 bits per heavy atom. The summed E-state index contributed by atoms with van der Waals surface area (Å²) in [5.41, 5.74) is 0.700. The van der Waals surface area contributed by atoms with Crippen molar-refractivity contribution in [2.75, 3.05) is 37.5 Å². The molecule has 1 amide bonds. The largest absolute Gasteiger partial charge is 0.379 e. The molecule has 1 N–H and O–H groups in total. The van der Waals surface area contributed by atoms with Gasteiger partial charge in [-0.05, 0) is 12.1 Å². The van der Waals surface area contributed by atoms with E-state index in [1.54, 1.807) is 25.9 Å². The van der Waals surface area contributed by atoms with Crippen LogP contribution in [0.15, 0.2) is 18.2 Å². The van der Waals surface area contributed by atoms with Crippen LogP contribution in [0.5, 0.6) is 0 Å². The number of carbonyl (C=O) groups is 1. The summed E-state index contributed by atoms with van der Waals surface area (Å²) in [5, 5.41) is 14.0. The highest BCUT2D eigenvalue weighted by Gasteiger charge is 2.17. The summed E-state index contributed by atoms with van der Waals surface area (Å²) in [4.78, 5) is 23.9. The number of thioether (sulfide) groups is 1. The number of anilines is 1. The van der Waals surface area contributed by atoms with E-state index in [-0.39, 0.29) is 11.6 Å². The van der Waals surface area contributed by atoms with Crippen LogP contribution in [0.25, 0.3) is 0 Å². The monoisotopic (exact) mass is 307 g/mol. The molecule has 0 aliphatic heterocycles. The molecule has 1 aromatic carbocycles. The zero-order chi connectivity index (χ0) is 15.8. The number of rotatable bonds is 7. The van der Waals surface area contributed by atoms with Crippen molar-refractivity contribution >= 4 is 29.0 Å². The van der Waals surface area contributed by atoms with Crippen LogP contribution in [-0.2, 0) is 0 Å². The minimum Gasteiger partial charge on any atom is -0.379 e. The summed E-state index contributed by atoms with van der Waals surface area (Å²) in [6.45, 7) is 0.535. The van der Waals surface area contributed by atoms with Gasteiger partial charge in [0.2, 0.25) is 0 Å². The maximum Gasteiger partial charge on any atom is 0.292 e. The Morgan fingerprint density at radius 2 is 2.24 bits per heavy atom. The SMILES string of the molecule is C#CCSCCNc1cc(C(=O)N(C)C)ccc1[N+](=O)[O-]. The lowest BCUT2D eigenvalue weighted by Crippen LogP contribution is -2.21. The second-order valence-electron chi connectivity index (χ2n) is 4.37. The van der Waals surface area contributed by atoms with Gasteiger partial charge in [-0.25, -0.2) is 0 Å². The Balaban J connectivity index is 2.87. The second-order valence-corrected chi connectivity index (χ2v) is 5.48. The highest BCUT2D eigenvalue weighted by Crippen LogP contribution is 2.26. The first-order chi connectivity index (χ1) is 9.97. The van der Waals surface area contributed by atoms with Crippen molar-refractivity contribution in [3.05, 3.63) is 33.9 Å². The van der Waals surface area contributed by atoms with E-state index in [1.807, 2.05) is 0 Å². The summed E-state index contributed by atoms with van der Waals surface area (Å²) in [7, 11) is 3.26. The maximum absolute atomic E-state index is 11.9. The van der Waals surface area contributed by atoms with Gasteiger partial charge in [0, 0.05) is 38.0 Å². The topological polar surface area (TPSA) is 75.5 Å². The molecule has 7 heteroatoms. The third-order valence-corrected chi connectivity index (χ3v) is 3.46. The van der Waals surface area contributed by atoms with Gasteiger partial charge in [0.25, 0.3) is 11.6 Å². The van der Waals surface area contributed by atoms with E-state index < -0.39 is 4.92 Å². The van der Waals surface area contributed by atoms with Crippen LogP contribution in [0.1, 0.15) is 10.4 Å². The van der Waals surface area contributed by atoms with Gasteiger partial charge in [0.05, 0.1) is 10.7 Å². The molecule has 0 atom stereocenters. The van der Waals surface area contributed by atoms with Gasteiger partial charge in [0.1, 0.15) is 5.69 Å². The van der Waals surface area contributed by atoms with Crippen molar-refractivity contribution < 1.29 is 9.72 Å². The average Bonchev–Trinajstić information content (AvgIpc) is 2.45. The van der Waals surface area contributed by atoms with Gasteiger partial charge in [-0.2, -0.15) is 0 Å². The van der Waals surface area contributed by atoms with Crippen LogP contribution in [0.3, 0.4) is 0 Å². The number of benzene rings is 1. The van der Waals surface area contributed by atoms with Gasteiger partial charge in [-0.3, -0.25) is 14.9 Å². The molecule has 0 fully saturated rings. The molecule has 0 unspecified atom stereocenters. The first-order valence-electron chi connectivity index (χ1n) is 6.22. The number of hydrogen-bond donors (Lipinski definition) is 1. The van der Waals surface area contributed by atoms with E-state index >= 15 is 0 Å². The molecule has 112 valence electrons. The fourth-order valence-electron chi connectivity index (χ4n) is 1.62. The Hall–Kier alpha value is -2.20. The second kappa shape index (κ2) is 8.17. The van der Waals surface area contributed by atoms with Crippen LogP contribution in [0.4, 0.5) is 11.4 Å². The molecule has 0 bridgehead atoms. The van der Waals surface area contributed by atoms with Crippen molar-refractivity contribution in [3.8, 4) is 12.3 Å². The number of nitrogens with zero attached hydrogens (tertiary/aromatic N) is 2. The molecule has 21 heavy (non-hydrogen) atoms. The van der Waals surface area contributed by atoms with E-state index in [1.165, 1.54) is 23.1 Å². The van der Waals surface area contributed by atoms with E-state index in [2.05, 4.69) is 11.2 Å². The molecule has 1 rings (SSSR count). The molecule has 0 radical (unpaired) electrons. The zero-order valence-corrected chi connectivity index (χ0v) is 12.8. The van der Waals surface area contributed by atoms with E-state index in [0.29, 0.717) is 23.5 Å². The Kier molecular flexibility index (Phi) is 6.56. The molecular formula is C14H17N3O3S. The highest BCUT2D eigenvalue weighted by molar-refractivity contribution is 7.99. The summed E-state index contributed by atoms with van der Waals surface area (Å²) >= 11 is 1.56. The van der Waals surface area contributed by atoms with E-state index in [0.717, 1.165) is 5.75 Å². The first-order valence-corrected chi connectivity index (χ1v) is 7.38. The Morgan fingerprint density at radius 3 is 2.81 bits per heavy atom. The van der Waals surface area contributed by atoms with Crippen LogP contribution in [0.2, 0.25) is 0 Å². The number of hydrogen-bond acceptors (Lipinski definition) is 5. The van der Waals surface area contributed by atoms with Crippen molar-refractivity contribution in [1.29, 1.82) is 0 Å². The standard InChI is InChI=1S/C14H17N3O3S/c1-4-8-21-9-7-15-12-10-11(14(18)16(2)3)5-6-13(12)17(19)20/h1,5-6,10,15H,7-9H2,2-3H3. The summed E-state index contributed by atoms with van der Waals surface area (Å²) < 4.78 is 0. The normalized spacial score (nSPS) is 9.76. The lowest BCUT2D eigenvalue weighted by molar-refractivity contribution is -0.384. The number of terminal acetylenes is 1. The number of carbonyl (C=O) groups excluding carboxylic acids is 1. The number of nitro groups is 1. The zero-order valence-electron chi connectivity index (χ0n) is 12.0. The van der Waals surface area contributed by atoms with Crippen LogP contribution in [-0.4, -0.2) is 47.9 Å². The number of amides is 1. The van der Waals surface area contributed by atoms with Gasteiger partial charge >= 0.3 is 0 Å². The molecule has 6 nitrogen and oxygen atoms in total. The summed E-state index contributed by atoms with van der Waals surface area (Å²) in [6, 6.07) is 4.30. The quantitative estimate of drug-likeness (QED) is 0.361. The Bertz CT molecular complexity index is 567. The van der Waals surface area contributed by atoms with Crippen molar-refractivity contribution in [3.63, 3.8) is 0 Å². The highest BCUT2D eigenvalue weighted by atomic mass is 32.2. The van der Waals surface area contributed by atoms with Crippen LogP contribution < -0.4 is 5.32 Å². The van der Waals surface area contributed by atoms with E-state index in [4.69, 9.17) is 6.42 Å². The third-order valence-electron chi connectivity index (χ3n) is 2.59. The lowest BCUT2D eigenvalue weighted by Gasteiger charge is -2.12. The number of nitrogens with one attached hydrogen (secondary N) is 1. The molecular weight excluding hydrogens is 290 g/mol. The van der Waals surface area contributed by atoms with Gasteiger partial charge < -0.3 is 10.2 Å². The molecule has 0 spiro atoms. The van der Waals surface area contributed by atoms with Gasteiger partial charge in [0.15, 0.2) is 0 Å². The minimum atomic E-state index is -0.471. The van der Waals surface area contributed by atoms with Gasteiger partial charge in [-0.1, -0.05) is 5.92 Å². The van der Waals surface area contributed by atoms with Crippen LogP contribution >= 0.6 is 11.8 Å². The van der Waals surface area contributed by atoms with Crippen molar-refractivity contribution in [2.24, 2.45) is 0 Å². The summed E-state index contributed by atoms with van der Waals surface area (Å²) in [5.74, 6) is 3.64. The lowest BCUT2D eigenvalue weighted by atomic mass is 10.1. The molecule has 1 aromatic rings. The van der Waals surface area contributed by atoms with Crippen LogP contribution in [0, 0.1) is 22.5 Å². The minimum absolute atomic E-state index is 0.0488. The molecule has 0 aliphatic rings. The molecule has 0 aromatic heterocycles. The number of nitro benzene ring substituents is 1. The Labute approximate surface area is 128 Å². The van der Waals surface area contributed by atoms with Crippen molar-refractivity contribution in [2.45, 2.75) is 0 Å². The molecule has 0 heterocycles. The fraction of sp³-hybridized carbons (Fsp3) is 0.357. The molecule has 0 saturated carbocycles. The van der Waals surface area contributed by atoms with E-state index in [9.17, 15) is 14.9 Å². The predicted octanol–water partition coefficient (Wildman–Crippen LogP) is 2.07. The first kappa shape index (κ1) is 16.9. The molecule has 0 saturated heterocycles. The third kappa shape index (κ3) is 5.00. The fourth-order valence-corrected chi connectivity index (χ4v) is 2.13. The molecule has 0 aliphatic carbocycles. The van der Waals surface area contributed by atoms with Gasteiger partial charge in [-0.15, -0.1) is 18.2 Å². The smallest absolute Gasteiger partial charge is 0.292 e. The maximum atomic E-state index is 11.9. The van der Waals surface area contributed by atoms with Crippen molar-refractivity contribution in [1.82, 2.24) is 4.90 Å². The average molecular weight is 307 g/mol.